The average Bonchev–Trinajstić information content (AvgIpc) is 3.34. The molecule has 4 aromatic rings. The van der Waals surface area contributed by atoms with E-state index in [1.54, 1.807) is 12.1 Å². The average molecular weight is 458 g/mol. The van der Waals surface area contributed by atoms with Crippen molar-refractivity contribution in [3.05, 3.63) is 95.9 Å². The lowest BCUT2D eigenvalue weighted by molar-refractivity contribution is -0.137. The maximum atomic E-state index is 12.2. The van der Waals surface area contributed by atoms with Gasteiger partial charge in [0.1, 0.15) is 11.3 Å². The molecule has 1 aromatic heterocycles. The first kappa shape index (κ1) is 23.2. The van der Waals surface area contributed by atoms with Crippen molar-refractivity contribution >= 4 is 23.0 Å². The molecular weight excluding hydrogens is 430 g/mol. The van der Waals surface area contributed by atoms with Gasteiger partial charge in [0.25, 0.3) is 0 Å². The Morgan fingerprint density at radius 2 is 1.62 bits per heavy atom. The van der Waals surface area contributed by atoms with Crippen LogP contribution in [0.2, 0.25) is 0 Å². The predicted octanol–water partition coefficient (Wildman–Crippen LogP) is 5.94. The van der Waals surface area contributed by atoms with Crippen molar-refractivity contribution in [3.63, 3.8) is 0 Å². The molecule has 0 amide bonds. The number of rotatable bonds is 11. The number of aryl methyl sites for hydroxylation is 2. The minimum atomic E-state index is -0.698. The van der Waals surface area contributed by atoms with Gasteiger partial charge < -0.3 is 13.9 Å². The van der Waals surface area contributed by atoms with Gasteiger partial charge in [-0.2, -0.15) is 0 Å². The zero-order chi connectivity index (χ0) is 23.6. The molecule has 0 aliphatic carbocycles. The lowest BCUT2D eigenvalue weighted by Crippen LogP contribution is -2.13. The summed E-state index contributed by atoms with van der Waals surface area (Å²) in [6.07, 6.45) is 6.27. The number of fused-ring (bicyclic) bond motifs is 1. The summed E-state index contributed by atoms with van der Waals surface area (Å²) < 4.78 is 15.9. The van der Waals surface area contributed by atoms with Gasteiger partial charge in [-0.15, -0.1) is 0 Å². The Hall–Kier alpha value is -3.93. The molecule has 0 bridgehead atoms. The maximum absolute atomic E-state index is 12.2. The van der Waals surface area contributed by atoms with Crippen LogP contribution in [0.25, 0.3) is 11.1 Å². The molecule has 0 fully saturated rings. The third-order valence-corrected chi connectivity index (χ3v) is 5.54. The molecule has 34 heavy (non-hydrogen) atoms. The van der Waals surface area contributed by atoms with Gasteiger partial charge in [-0.05, 0) is 73.6 Å². The third kappa shape index (κ3) is 6.78. The number of nitrogens with zero attached hydrogens (tertiary/aromatic N) is 1. The van der Waals surface area contributed by atoms with E-state index in [2.05, 4.69) is 29.2 Å². The van der Waals surface area contributed by atoms with E-state index in [1.807, 2.05) is 30.3 Å². The molecule has 4 rings (SSSR count). The van der Waals surface area contributed by atoms with E-state index in [9.17, 15) is 9.59 Å². The molecular formula is C28H27NO5. The Morgan fingerprint density at radius 1 is 0.824 bits per heavy atom. The molecule has 0 aliphatic rings. The van der Waals surface area contributed by atoms with Crippen molar-refractivity contribution < 1.29 is 23.5 Å². The monoisotopic (exact) mass is 457 g/mol. The van der Waals surface area contributed by atoms with Gasteiger partial charge in [-0.3, -0.25) is 4.79 Å². The van der Waals surface area contributed by atoms with E-state index in [1.165, 1.54) is 18.0 Å². The summed E-state index contributed by atoms with van der Waals surface area (Å²) >= 11 is 0. The molecule has 0 unspecified atom stereocenters. The summed E-state index contributed by atoms with van der Waals surface area (Å²) in [5.41, 5.74) is 3.71. The summed E-state index contributed by atoms with van der Waals surface area (Å²) in [6, 6.07) is 22.9. The Kier molecular flexibility index (Phi) is 8.06. The van der Waals surface area contributed by atoms with Gasteiger partial charge in [0.15, 0.2) is 12.0 Å². The van der Waals surface area contributed by atoms with Crippen LogP contribution in [0.3, 0.4) is 0 Å². The molecule has 0 spiro atoms. The minimum Gasteiger partial charge on any atom is -0.494 e. The number of carbonyl (C=O) groups excluding carboxylic acids is 2. The first-order valence-electron chi connectivity index (χ1n) is 11.5. The molecule has 1 heterocycles. The second-order valence-electron chi connectivity index (χ2n) is 8.09. The summed E-state index contributed by atoms with van der Waals surface area (Å²) in [7, 11) is 0. The number of unbranched alkanes of at least 4 members (excludes halogenated alkanes) is 2. The van der Waals surface area contributed by atoms with Gasteiger partial charge in [-0.25, -0.2) is 9.78 Å². The lowest BCUT2D eigenvalue weighted by Gasteiger charge is -2.08. The quantitative estimate of drug-likeness (QED) is 0.158. The molecule has 0 N–H and O–H groups in total. The molecule has 0 saturated carbocycles. The van der Waals surface area contributed by atoms with E-state index in [0.717, 1.165) is 37.0 Å². The zero-order valence-corrected chi connectivity index (χ0v) is 18.9. The fourth-order valence-electron chi connectivity index (χ4n) is 3.64. The van der Waals surface area contributed by atoms with Crippen molar-refractivity contribution in [2.75, 3.05) is 6.61 Å². The highest BCUT2D eigenvalue weighted by Gasteiger charge is 2.14. The Labute approximate surface area is 198 Å². The highest BCUT2D eigenvalue weighted by Crippen LogP contribution is 2.17. The summed E-state index contributed by atoms with van der Waals surface area (Å²) in [6.45, 7) is 0.683. The van der Waals surface area contributed by atoms with Gasteiger partial charge >= 0.3 is 11.9 Å². The first-order valence-corrected chi connectivity index (χ1v) is 11.5. The summed E-state index contributed by atoms with van der Waals surface area (Å²) in [5.74, 6) is -0.457. The van der Waals surface area contributed by atoms with Crippen molar-refractivity contribution in [2.24, 2.45) is 0 Å². The van der Waals surface area contributed by atoms with Crippen LogP contribution < -0.4 is 4.74 Å². The fourth-order valence-corrected chi connectivity index (χ4v) is 3.64. The Balaban J connectivity index is 1.13. The molecule has 174 valence electrons. The van der Waals surface area contributed by atoms with E-state index < -0.39 is 11.9 Å². The number of hydrogen-bond donors (Lipinski definition) is 0. The smallest absolute Gasteiger partial charge is 0.345 e. The molecule has 6 nitrogen and oxygen atoms in total. The van der Waals surface area contributed by atoms with Crippen molar-refractivity contribution in [2.45, 2.75) is 38.5 Å². The van der Waals surface area contributed by atoms with E-state index >= 15 is 0 Å². The molecule has 0 atom stereocenters. The Bertz CT molecular complexity index is 1210. The SMILES string of the molecule is O=C(CCc1ccc(OCCCCCc2ccccc2)cc1)OC(=O)c1ccc2ncoc2c1. The topological polar surface area (TPSA) is 78.6 Å². The lowest BCUT2D eigenvalue weighted by atomic mass is 10.1. The standard InChI is InChI=1S/C28H27NO5/c30-27(34-28(31)23-13-16-25-26(19-23)33-20-29-25)17-12-22-10-14-24(15-11-22)32-18-6-2-5-9-21-7-3-1-4-8-21/h1,3-4,7-8,10-11,13-16,19-20H,2,5-6,9,12,17-18H2. The predicted molar refractivity (Wildman–Crippen MR) is 129 cm³/mol. The van der Waals surface area contributed by atoms with E-state index in [0.29, 0.717) is 24.1 Å². The van der Waals surface area contributed by atoms with Crippen LogP contribution in [-0.4, -0.2) is 23.5 Å². The number of aromatic nitrogens is 1. The second kappa shape index (κ2) is 11.8. The highest BCUT2D eigenvalue weighted by molar-refractivity contribution is 5.98. The van der Waals surface area contributed by atoms with Crippen molar-refractivity contribution in [1.82, 2.24) is 4.98 Å². The summed E-state index contributed by atoms with van der Waals surface area (Å²) in [4.78, 5) is 28.3. The minimum absolute atomic E-state index is 0.109. The van der Waals surface area contributed by atoms with Crippen LogP contribution in [0.4, 0.5) is 0 Å². The van der Waals surface area contributed by atoms with Crippen LogP contribution in [0.5, 0.6) is 5.75 Å². The molecule has 6 heteroatoms. The van der Waals surface area contributed by atoms with Gasteiger partial charge in [0.05, 0.1) is 18.6 Å². The van der Waals surface area contributed by atoms with E-state index in [4.69, 9.17) is 13.9 Å². The zero-order valence-electron chi connectivity index (χ0n) is 18.9. The Morgan fingerprint density at radius 3 is 2.44 bits per heavy atom. The number of carbonyl (C=O) groups is 2. The summed E-state index contributed by atoms with van der Waals surface area (Å²) in [5, 5.41) is 0. The van der Waals surface area contributed by atoms with Crippen LogP contribution in [-0.2, 0) is 22.4 Å². The van der Waals surface area contributed by atoms with Crippen molar-refractivity contribution in [3.8, 4) is 5.75 Å². The van der Waals surface area contributed by atoms with Gasteiger partial charge in [-0.1, -0.05) is 42.5 Å². The second-order valence-corrected chi connectivity index (χ2v) is 8.09. The molecule has 0 aliphatic heterocycles. The molecule has 0 radical (unpaired) electrons. The third-order valence-electron chi connectivity index (χ3n) is 5.54. The van der Waals surface area contributed by atoms with Crippen LogP contribution >= 0.6 is 0 Å². The van der Waals surface area contributed by atoms with Gasteiger partial charge in [0, 0.05) is 0 Å². The van der Waals surface area contributed by atoms with Gasteiger partial charge in [0.2, 0.25) is 0 Å². The number of esters is 2. The molecule has 0 saturated heterocycles. The van der Waals surface area contributed by atoms with E-state index in [-0.39, 0.29) is 12.0 Å². The fraction of sp³-hybridized carbons (Fsp3) is 0.250. The van der Waals surface area contributed by atoms with Crippen molar-refractivity contribution in [1.29, 1.82) is 0 Å². The number of benzene rings is 3. The molecule has 3 aromatic carbocycles. The van der Waals surface area contributed by atoms with Crippen LogP contribution in [0, 0.1) is 0 Å². The number of hydrogen-bond acceptors (Lipinski definition) is 6. The highest BCUT2D eigenvalue weighted by atomic mass is 16.6. The van der Waals surface area contributed by atoms with Crippen LogP contribution in [0.1, 0.15) is 47.2 Å². The number of ether oxygens (including phenoxy) is 2. The largest absolute Gasteiger partial charge is 0.494 e. The van der Waals surface area contributed by atoms with Crippen LogP contribution in [0.15, 0.2) is 83.6 Å². The first-order chi connectivity index (χ1) is 16.7. The normalized spacial score (nSPS) is 10.8. The maximum Gasteiger partial charge on any atom is 0.345 e. The number of oxazole rings is 1.